The third-order valence-electron chi connectivity index (χ3n) is 4.83. The Labute approximate surface area is 180 Å². The predicted molar refractivity (Wildman–Crippen MR) is 120 cm³/mol. The fraction of sp³-hybridized carbons (Fsp3) is 0.130. The van der Waals surface area contributed by atoms with E-state index in [-0.39, 0.29) is 11.9 Å². The number of carbonyl (C=O) groups is 2. The van der Waals surface area contributed by atoms with E-state index in [4.69, 9.17) is 0 Å². The summed E-state index contributed by atoms with van der Waals surface area (Å²) in [5.74, 6) is 0.622. The number of aromatic nitrogens is 2. The Morgan fingerprint density at radius 1 is 1.19 bits per heavy atom. The van der Waals surface area contributed by atoms with Crippen molar-refractivity contribution in [2.24, 2.45) is 0 Å². The molecule has 156 valence electrons. The molecule has 4 rings (SSSR count). The summed E-state index contributed by atoms with van der Waals surface area (Å²) in [5, 5.41) is 5.93. The third kappa shape index (κ3) is 4.37. The van der Waals surface area contributed by atoms with E-state index in [0.29, 0.717) is 36.2 Å². The summed E-state index contributed by atoms with van der Waals surface area (Å²) in [6, 6.07) is 16.8. The number of carbonyl (C=O) groups excluding carboxylic acids is 2. The van der Waals surface area contributed by atoms with Crippen LogP contribution in [0.5, 0.6) is 0 Å². The lowest BCUT2D eigenvalue weighted by Crippen LogP contribution is -2.43. The molecule has 8 heteroatoms. The maximum Gasteiger partial charge on any atom is 0.330 e. The summed E-state index contributed by atoms with van der Waals surface area (Å²) >= 11 is 0. The molecule has 0 fully saturated rings. The van der Waals surface area contributed by atoms with Gasteiger partial charge in [-0.1, -0.05) is 43.0 Å². The molecule has 0 unspecified atom stereocenters. The minimum Gasteiger partial charge on any atom is -0.350 e. The highest BCUT2D eigenvalue weighted by Crippen LogP contribution is 2.34. The number of anilines is 4. The van der Waals surface area contributed by atoms with Crippen molar-refractivity contribution in [3.63, 3.8) is 0 Å². The van der Waals surface area contributed by atoms with Crippen LogP contribution in [0.3, 0.4) is 0 Å². The molecular weight excluding hydrogens is 392 g/mol. The molecule has 2 heterocycles. The molecule has 3 amide bonds. The van der Waals surface area contributed by atoms with Crippen molar-refractivity contribution < 1.29 is 9.59 Å². The van der Waals surface area contributed by atoms with E-state index in [1.54, 1.807) is 42.4 Å². The zero-order valence-corrected chi connectivity index (χ0v) is 17.1. The standard InChI is InChI=1S/C23H22N6O2/c1-3-20(30)26-18-10-7-11-19(12-18)29-21-17(15-28(2)23(29)31)14-25-22(27-21)24-13-16-8-5-4-6-9-16/h3-12,14H,1,13,15H2,2H3,(H,26,30)(H,24,25,27). The summed E-state index contributed by atoms with van der Waals surface area (Å²) < 4.78 is 0. The van der Waals surface area contributed by atoms with Crippen LogP contribution in [0, 0.1) is 0 Å². The number of fused-ring (bicyclic) bond motifs is 1. The van der Waals surface area contributed by atoms with Gasteiger partial charge in [0.1, 0.15) is 0 Å². The molecule has 1 aromatic heterocycles. The summed E-state index contributed by atoms with van der Waals surface area (Å²) in [6.45, 7) is 4.44. The van der Waals surface area contributed by atoms with Crippen LogP contribution in [-0.4, -0.2) is 33.9 Å². The lowest BCUT2D eigenvalue weighted by atomic mass is 10.2. The van der Waals surface area contributed by atoms with Crippen LogP contribution in [0.4, 0.5) is 27.9 Å². The highest BCUT2D eigenvalue weighted by atomic mass is 16.2. The van der Waals surface area contributed by atoms with Gasteiger partial charge in [0.05, 0.1) is 12.2 Å². The Kier molecular flexibility index (Phi) is 5.61. The molecule has 0 radical (unpaired) electrons. The molecule has 2 aromatic carbocycles. The minimum atomic E-state index is -0.325. The van der Waals surface area contributed by atoms with E-state index in [1.165, 1.54) is 11.0 Å². The van der Waals surface area contributed by atoms with E-state index in [0.717, 1.165) is 11.1 Å². The Morgan fingerprint density at radius 2 is 2.00 bits per heavy atom. The molecule has 1 aliphatic heterocycles. The second kappa shape index (κ2) is 8.66. The maximum absolute atomic E-state index is 13.0. The molecule has 3 aromatic rings. The van der Waals surface area contributed by atoms with Crippen molar-refractivity contribution >= 4 is 35.1 Å². The predicted octanol–water partition coefficient (Wildman–Crippen LogP) is 3.92. The summed E-state index contributed by atoms with van der Waals surface area (Å²) in [5.41, 5.74) is 3.07. The SMILES string of the molecule is C=CC(=O)Nc1cccc(N2C(=O)N(C)Cc3cnc(NCc4ccccc4)nc32)c1. The molecule has 31 heavy (non-hydrogen) atoms. The highest BCUT2D eigenvalue weighted by molar-refractivity contribution is 6.02. The van der Waals surface area contributed by atoms with E-state index in [9.17, 15) is 9.59 Å². The fourth-order valence-corrected chi connectivity index (χ4v) is 3.30. The molecule has 0 bridgehead atoms. The van der Waals surface area contributed by atoms with Crippen molar-refractivity contribution in [2.75, 3.05) is 22.6 Å². The van der Waals surface area contributed by atoms with E-state index in [1.807, 2.05) is 30.3 Å². The van der Waals surface area contributed by atoms with Gasteiger partial charge in [-0.2, -0.15) is 4.98 Å². The van der Waals surface area contributed by atoms with Crippen LogP contribution in [-0.2, 0) is 17.9 Å². The first-order chi connectivity index (χ1) is 15.0. The number of nitrogens with zero attached hydrogens (tertiary/aromatic N) is 4. The Hall–Kier alpha value is -4.20. The van der Waals surface area contributed by atoms with Gasteiger partial charge in [0.15, 0.2) is 5.82 Å². The number of benzene rings is 2. The summed E-state index contributed by atoms with van der Waals surface area (Å²) in [7, 11) is 1.73. The van der Waals surface area contributed by atoms with Gasteiger partial charge in [0.25, 0.3) is 0 Å². The van der Waals surface area contributed by atoms with Gasteiger partial charge in [0.2, 0.25) is 11.9 Å². The molecule has 0 saturated carbocycles. The normalized spacial score (nSPS) is 12.9. The number of amides is 3. The molecule has 0 atom stereocenters. The second-order valence-electron chi connectivity index (χ2n) is 7.10. The average Bonchev–Trinajstić information content (AvgIpc) is 2.79. The molecule has 0 saturated heterocycles. The van der Waals surface area contributed by atoms with E-state index in [2.05, 4.69) is 27.2 Å². The molecule has 0 spiro atoms. The van der Waals surface area contributed by atoms with Crippen LogP contribution in [0.25, 0.3) is 0 Å². The number of hydrogen-bond donors (Lipinski definition) is 2. The smallest absolute Gasteiger partial charge is 0.330 e. The first-order valence-corrected chi connectivity index (χ1v) is 9.77. The van der Waals surface area contributed by atoms with Gasteiger partial charge >= 0.3 is 6.03 Å². The quantitative estimate of drug-likeness (QED) is 0.597. The topological polar surface area (TPSA) is 90.5 Å². The first-order valence-electron chi connectivity index (χ1n) is 9.77. The number of nitrogens with one attached hydrogen (secondary N) is 2. The van der Waals surface area contributed by atoms with Crippen LogP contribution >= 0.6 is 0 Å². The van der Waals surface area contributed by atoms with Crippen LogP contribution in [0.1, 0.15) is 11.1 Å². The van der Waals surface area contributed by atoms with Crippen LogP contribution in [0.15, 0.2) is 73.4 Å². The molecule has 2 N–H and O–H groups in total. The maximum atomic E-state index is 13.0. The summed E-state index contributed by atoms with van der Waals surface area (Å²) in [6.07, 6.45) is 2.93. The van der Waals surface area contributed by atoms with Crippen molar-refractivity contribution in [3.8, 4) is 0 Å². The zero-order valence-electron chi connectivity index (χ0n) is 17.1. The second-order valence-corrected chi connectivity index (χ2v) is 7.10. The van der Waals surface area contributed by atoms with Gasteiger partial charge < -0.3 is 15.5 Å². The monoisotopic (exact) mass is 414 g/mol. The van der Waals surface area contributed by atoms with Crippen molar-refractivity contribution in [1.82, 2.24) is 14.9 Å². The number of hydrogen-bond acceptors (Lipinski definition) is 5. The van der Waals surface area contributed by atoms with Crippen molar-refractivity contribution in [1.29, 1.82) is 0 Å². The van der Waals surface area contributed by atoms with Gasteiger partial charge in [-0.25, -0.2) is 14.7 Å². The van der Waals surface area contributed by atoms with E-state index < -0.39 is 0 Å². The van der Waals surface area contributed by atoms with E-state index >= 15 is 0 Å². The van der Waals surface area contributed by atoms with Crippen LogP contribution < -0.4 is 15.5 Å². The van der Waals surface area contributed by atoms with Crippen molar-refractivity contribution in [2.45, 2.75) is 13.1 Å². The summed E-state index contributed by atoms with van der Waals surface area (Å²) in [4.78, 5) is 36.9. The Bertz CT molecular complexity index is 1130. The third-order valence-corrected chi connectivity index (χ3v) is 4.83. The van der Waals surface area contributed by atoms with Gasteiger partial charge in [-0.05, 0) is 29.8 Å². The molecule has 0 aliphatic carbocycles. The largest absolute Gasteiger partial charge is 0.350 e. The lowest BCUT2D eigenvalue weighted by molar-refractivity contribution is -0.111. The Morgan fingerprint density at radius 3 is 2.77 bits per heavy atom. The first kappa shape index (κ1) is 20.1. The Balaban J connectivity index is 1.66. The lowest BCUT2D eigenvalue weighted by Gasteiger charge is -2.34. The van der Waals surface area contributed by atoms with Gasteiger partial charge in [-0.15, -0.1) is 0 Å². The van der Waals surface area contributed by atoms with Crippen LogP contribution in [0.2, 0.25) is 0 Å². The van der Waals surface area contributed by atoms with Gasteiger partial charge in [-0.3, -0.25) is 4.79 Å². The zero-order chi connectivity index (χ0) is 21.8. The number of rotatable bonds is 6. The van der Waals surface area contributed by atoms with Crippen molar-refractivity contribution in [3.05, 3.63) is 84.6 Å². The highest BCUT2D eigenvalue weighted by Gasteiger charge is 2.31. The number of urea groups is 1. The fourth-order valence-electron chi connectivity index (χ4n) is 3.30. The van der Waals surface area contributed by atoms with Gasteiger partial charge in [0, 0.05) is 31.0 Å². The molecule has 1 aliphatic rings. The molecule has 8 nitrogen and oxygen atoms in total. The average molecular weight is 414 g/mol. The minimum absolute atomic E-state index is 0.215. The molecular formula is C23H22N6O2.